The Morgan fingerprint density at radius 2 is 2.33 bits per heavy atom. The van der Waals surface area contributed by atoms with E-state index in [0.717, 1.165) is 24.3 Å². The number of amides is 2. The number of carbonyl (C=O) groups is 2. The van der Waals surface area contributed by atoms with Gasteiger partial charge < -0.3 is 5.73 Å². The van der Waals surface area contributed by atoms with Crippen LogP contribution in [-0.4, -0.2) is 28.1 Å². The Kier molecular flexibility index (Phi) is 3.36. The van der Waals surface area contributed by atoms with E-state index in [1.807, 2.05) is 11.6 Å². The molecule has 1 fully saturated rings. The van der Waals surface area contributed by atoms with Gasteiger partial charge in [-0.3, -0.25) is 14.5 Å². The van der Waals surface area contributed by atoms with Gasteiger partial charge in [-0.25, -0.2) is 4.68 Å². The van der Waals surface area contributed by atoms with Crippen LogP contribution in [0, 0.1) is 12.8 Å². The van der Waals surface area contributed by atoms with Crippen molar-refractivity contribution in [3.05, 3.63) is 11.8 Å². The molecule has 1 aliphatic rings. The number of rotatable bonds is 4. The Morgan fingerprint density at radius 1 is 1.61 bits per heavy atom. The maximum Gasteiger partial charge on any atom is 0.229 e. The zero-order valence-corrected chi connectivity index (χ0v) is 10.7. The van der Waals surface area contributed by atoms with E-state index < -0.39 is 5.91 Å². The number of primary amides is 1. The lowest BCUT2D eigenvalue weighted by Gasteiger charge is -2.18. The van der Waals surface area contributed by atoms with E-state index in [0.29, 0.717) is 6.54 Å². The molecule has 98 valence electrons. The van der Waals surface area contributed by atoms with Gasteiger partial charge in [0.05, 0.1) is 12.1 Å². The molecule has 1 saturated heterocycles. The predicted octanol–water partition coefficient (Wildman–Crippen LogP) is 0.440. The molecular weight excluding hydrogens is 232 g/mol. The smallest absolute Gasteiger partial charge is 0.229 e. The van der Waals surface area contributed by atoms with Gasteiger partial charge in [0.1, 0.15) is 5.82 Å². The highest BCUT2D eigenvalue weighted by atomic mass is 16.2. The summed E-state index contributed by atoms with van der Waals surface area (Å²) in [6.07, 6.45) is 2.89. The summed E-state index contributed by atoms with van der Waals surface area (Å²) >= 11 is 0. The maximum atomic E-state index is 12.0. The minimum atomic E-state index is -0.412. The number of hydrogen-bond donors (Lipinski definition) is 1. The Hall–Kier alpha value is -1.85. The van der Waals surface area contributed by atoms with Gasteiger partial charge in [0.25, 0.3) is 0 Å². The average Bonchev–Trinajstić information content (AvgIpc) is 2.84. The fraction of sp³-hybridized carbons (Fsp3) is 0.583. The van der Waals surface area contributed by atoms with Crippen molar-refractivity contribution in [2.75, 3.05) is 11.4 Å². The van der Waals surface area contributed by atoms with Gasteiger partial charge in [-0.1, -0.05) is 6.92 Å². The molecule has 2 heterocycles. The first-order valence-electron chi connectivity index (χ1n) is 6.16. The molecule has 18 heavy (non-hydrogen) atoms. The topological polar surface area (TPSA) is 81.2 Å². The van der Waals surface area contributed by atoms with E-state index in [2.05, 4.69) is 12.0 Å². The molecule has 1 atom stereocenters. The monoisotopic (exact) mass is 250 g/mol. The normalized spacial score (nSPS) is 19.6. The van der Waals surface area contributed by atoms with Gasteiger partial charge in [-0.05, 0) is 13.3 Å². The number of nitrogens with zero attached hydrogens (tertiary/aromatic N) is 3. The lowest BCUT2D eigenvalue weighted by Crippen LogP contribution is -2.30. The second kappa shape index (κ2) is 4.80. The second-order valence-electron chi connectivity index (χ2n) is 4.68. The number of aryl methyl sites for hydroxylation is 2. The van der Waals surface area contributed by atoms with Crippen molar-refractivity contribution in [3.63, 3.8) is 0 Å². The minimum absolute atomic E-state index is 0.0558. The fourth-order valence-corrected chi connectivity index (χ4v) is 2.30. The van der Waals surface area contributed by atoms with Gasteiger partial charge in [0.15, 0.2) is 0 Å². The molecule has 1 aromatic heterocycles. The summed E-state index contributed by atoms with van der Waals surface area (Å²) in [7, 11) is 0. The largest absolute Gasteiger partial charge is 0.369 e. The van der Waals surface area contributed by atoms with E-state index >= 15 is 0 Å². The SMILES string of the molecule is CCCn1ncc(C)c1N1CC(C(N)=O)CC1=O. The summed E-state index contributed by atoms with van der Waals surface area (Å²) < 4.78 is 1.82. The van der Waals surface area contributed by atoms with Gasteiger partial charge in [0.2, 0.25) is 11.8 Å². The van der Waals surface area contributed by atoms with Crippen LogP contribution in [0.25, 0.3) is 0 Å². The molecule has 0 spiro atoms. The maximum absolute atomic E-state index is 12.0. The molecular formula is C12H18N4O2. The number of hydrogen-bond acceptors (Lipinski definition) is 3. The molecule has 1 aliphatic heterocycles. The minimum Gasteiger partial charge on any atom is -0.369 e. The first kappa shape index (κ1) is 12.6. The van der Waals surface area contributed by atoms with Crippen molar-refractivity contribution in [2.45, 2.75) is 33.2 Å². The van der Waals surface area contributed by atoms with E-state index in [1.165, 1.54) is 0 Å². The van der Waals surface area contributed by atoms with Crippen LogP contribution in [0.2, 0.25) is 0 Å². The molecule has 0 bridgehead atoms. The Labute approximate surface area is 106 Å². The van der Waals surface area contributed by atoms with Crippen LogP contribution in [0.15, 0.2) is 6.20 Å². The fourth-order valence-electron chi connectivity index (χ4n) is 2.30. The Morgan fingerprint density at radius 3 is 2.89 bits per heavy atom. The zero-order valence-electron chi connectivity index (χ0n) is 10.7. The molecule has 2 rings (SSSR count). The van der Waals surface area contributed by atoms with Crippen LogP contribution < -0.4 is 10.6 Å². The van der Waals surface area contributed by atoms with E-state index in [4.69, 9.17) is 5.73 Å². The zero-order chi connectivity index (χ0) is 13.3. The highest BCUT2D eigenvalue weighted by molar-refractivity contribution is 5.99. The Bertz CT molecular complexity index is 480. The number of carbonyl (C=O) groups excluding carboxylic acids is 2. The van der Waals surface area contributed by atoms with E-state index in [9.17, 15) is 9.59 Å². The Balaban J connectivity index is 2.29. The molecule has 6 nitrogen and oxygen atoms in total. The number of aromatic nitrogens is 2. The number of anilines is 1. The van der Waals surface area contributed by atoms with Crippen molar-refractivity contribution in [2.24, 2.45) is 11.7 Å². The molecule has 0 radical (unpaired) electrons. The first-order chi connectivity index (χ1) is 8.54. The second-order valence-corrected chi connectivity index (χ2v) is 4.68. The lowest BCUT2D eigenvalue weighted by atomic mass is 10.1. The predicted molar refractivity (Wildman–Crippen MR) is 66.9 cm³/mol. The lowest BCUT2D eigenvalue weighted by molar-refractivity contribution is -0.123. The highest BCUT2D eigenvalue weighted by Crippen LogP contribution is 2.27. The molecule has 1 aromatic rings. The van der Waals surface area contributed by atoms with Crippen LogP contribution in [0.3, 0.4) is 0 Å². The first-order valence-corrected chi connectivity index (χ1v) is 6.16. The molecule has 0 aromatic carbocycles. The van der Waals surface area contributed by atoms with E-state index in [-0.39, 0.29) is 18.2 Å². The molecule has 1 unspecified atom stereocenters. The van der Waals surface area contributed by atoms with Crippen molar-refractivity contribution in [3.8, 4) is 0 Å². The van der Waals surface area contributed by atoms with Crippen molar-refractivity contribution in [1.29, 1.82) is 0 Å². The molecule has 2 N–H and O–H groups in total. The summed E-state index contributed by atoms with van der Waals surface area (Å²) in [4.78, 5) is 24.8. The third-order valence-electron chi connectivity index (χ3n) is 3.21. The summed E-state index contributed by atoms with van der Waals surface area (Å²) in [5.74, 6) is -0.0581. The summed E-state index contributed by atoms with van der Waals surface area (Å²) in [5, 5.41) is 4.26. The van der Waals surface area contributed by atoms with Crippen molar-refractivity contribution in [1.82, 2.24) is 9.78 Å². The van der Waals surface area contributed by atoms with Gasteiger partial charge in [-0.15, -0.1) is 0 Å². The molecule has 6 heteroatoms. The number of nitrogens with two attached hydrogens (primary N) is 1. The van der Waals surface area contributed by atoms with E-state index in [1.54, 1.807) is 11.1 Å². The van der Waals surface area contributed by atoms with Crippen LogP contribution in [0.5, 0.6) is 0 Å². The van der Waals surface area contributed by atoms with Crippen LogP contribution >= 0.6 is 0 Å². The molecule has 0 aliphatic carbocycles. The molecule has 0 saturated carbocycles. The summed E-state index contributed by atoms with van der Waals surface area (Å²) in [5.41, 5.74) is 6.22. The van der Waals surface area contributed by atoms with Crippen molar-refractivity contribution < 1.29 is 9.59 Å². The third-order valence-corrected chi connectivity index (χ3v) is 3.21. The third kappa shape index (κ3) is 2.10. The van der Waals surface area contributed by atoms with Gasteiger partial charge in [0, 0.05) is 25.1 Å². The summed E-state index contributed by atoms with van der Waals surface area (Å²) in [6, 6.07) is 0. The summed E-state index contributed by atoms with van der Waals surface area (Å²) in [6.45, 7) is 5.09. The average molecular weight is 250 g/mol. The standard InChI is InChI=1S/C12H18N4O2/c1-3-4-16-12(8(2)6-14-16)15-7-9(11(13)18)5-10(15)17/h6,9H,3-5,7H2,1-2H3,(H2,13,18). The van der Waals surface area contributed by atoms with Gasteiger partial charge in [-0.2, -0.15) is 5.10 Å². The molecule has 2 amide bonds. The van der Waals surface area contributed by atoms with Crippen LogP contribution in [0.1, 0.15) is 25.3 Å². The quantitative estimate of drug-likeness (QED) is 0.841. The highest BCUT2D eigenvalue weighted by Gasteiger charge is 2.36. The van der Waals surface area contributed by atoms with Gasteiger partial charge >= 0.3 is 0 Å². The van der Waals surface area contributed by atoms with Crippen LogP contribution in [0.4, 0.5) is 5.82 Å². The van der Waals surface area contributed by atoms with Crippen LogP contribution in [-0.2, 0) is 16.1 Å². The van der Waals surface area contributed by atoms with Crippen molar-refractivity contribution >= 4 is 17.6 Å².